The van der Waals surface area contributed by atoms with Crippen molar-refractivity contribution in [3.63, 3.8) is 0 Å². The van der Waals surface area contributed by atoms with Crippen molar-refractivity contribution in [3.8, 4) is 11.5 Å². The molecule has 1 aromatic heterocycles. The van der Waals surface area contributed by atoms with Crippen LogP contribution in [0.4, 0.5) is 5.69 Å². The van der Waals surface area contributed by atoms with Gasteiger partial charge in [-0.15, -0.1) is 10.2 Å². The van der Waals surface area contributed by atoms with E-state index in [0.29, 0.717) is 34.3 Å². The van der Waals surface area contributed by atoms with Crippen molar-refractivity contribution in [2.75, 3.05) is 11.1 Å². The number of nitrogens with zero attached hydrogens (tertiary/aromatic N) is 2. The fourth-order valence-corrected chi connectivity index (χ4v) is 4.69. The molecule has 2 saturated carbocycles. The number of fused-ring (bicyclic) bond motifs is 2. The van der Waals surface area contributed by atoms with Crippen LogP contribution in [0.3, 0.4) is 0 Å². The third-order valence-corrected chi connectivity index (χ3v) is 6.07. The molecule has 0 saturated heterocycles. The molecular formula is C19H22N4O3S. The van der Waals surface area contributed by atoms with Crippen LogP contribution in [-0.2, 0) is 9.59 Å². The Kier molecular flexibility index (Phi) is 5.15. The van der Waals surface area contributed by atoms with Gasteiger partial charge in [-0.1, -0.05) is 24.2 Å². The number of carbonyl (C=O) groups excluding carboxylic acids is 2. The molecule has 0 aliphatic heterocycles. The van der Waals surface area contributed by atoms with Crippen molar-refractivity contribution < 1.29 is 14.0 Å². The van der Waals surface area contributed by atoms with Gasteiger partial charge in [0, 0.05) is 24.2 Å². The second-order valence-corrected chi connectivity index (χ2v) is 8.20. The highest BCUT2D eigenvalue weighted by molar-refractivity contribution is 7.99. The lowest BCUT2D eigenvalue weighted by Crippen LogP contribution is -2.39. The maximum Gasteiger partial charge on any atom is 0.277 e. The highest BCUT2D eigenvalue weighted by Crippen LogP contribution is 2.44. The zero-order valence-electron chi connectivity index (χ0n) is 15.1. The van der Waals surface area contributed by atoms with Gasteiger partial charge in [0.1, 0.15) is 0 Å². The molecule has 27 heavy (non-hydrogen) atoms. The summed E-state index contributed by atoms with van der Waals surface area (Å²) >= 11 is 1.24. The topological polar surface area (TPSA) is 97.1 Å². The van der Waals surface area contributed by atoms with Gasteiger partial charge in [-0.05, 0) is 49.3 Å². The lowest BCUT2D eigenvalue weighted by molar-refractivity contribution is -0.119. The highest BCUT2D eigenvalue weighted by atomic mass is 32.2. The number of anilines is 1. The molecule has 1 aromatic carbocycles. The summed E-state index contributed by atoms with van der Waals surface area (Å²) in [4.78, 5) is 23.4. The number of thioether (sulfide) groups is 1. The zero-order chi connectivity index (χ0) is 18.8. The van der Waals surface area contributed by atoms with E-state index < -0.39 is 0 Å². The SMILES string of the molecule is CC(=O)Nc1cccc(-c2nnc(SCC(=O)N[C@H]3C[C@H]4CC[C@H]3C4)o2)c1. The zero-order valence-corrected chi connectivity index (χ0v) is 15.9. The van der Waals surface area contributed by atoms with Gasteiger partial charge in [-0.2, -0.15) is 0 Å². The van der Waals surface area contributed by atoms with E-state index in [9.17, 15) is 9.59 Å². The number of carbonyl (C=O) groups is 2. The molecule has 2 N–H and O–H groups in total. The molecule has 2 aliphatic carbocycles. The van der Waals surface area contributed by atoms with E-state index in [-0.39, 0.29) is 17.6 Å². The largest absolute Gasteiger partial charge is 0.411 e. The number of nitrogens with one attached hydrogen (secondary N) is 2. The van der Waals surface area contributed by atoms with E-state index in [1.165, 1.54) is 37.9 Å². The Morgan fingerprint density at radius 3 is 2.89 bits per heavy atom. The van der Waals surface area contributed by atoms with Gasteiger partial charge < -0.3 is 15.1 Å². The molecule has 2 amide bonds. The smallest absolute Gasteiger partial charge is 0.277 e. The molecule has 8 heteroatoms. The molecule has 2 aromatic rings. The van der Waals surface area contributed by atoms with Crippen LogP contribution < -0.4 is 10.6 Å². The first-order valence-corrected chi connectivity index (χ1v) is 10.2. The van der Waals surface area contributed by atoms with Gasteiger partial charge in [-0.3, -0.25) is 9.59 Å². The third kappa shape index (κ3) is 4.32. The number of hydrogen-bond donors (Lipinski definition) is 2. The van der Waals surface area contributed by atoms with Crippen LogP contribution in [0.15, 0.2) is 33.9 Å². The van der Waals surface area contributed by atoms with Crippen molar-refractivity contribution in [3.05, 3.63) is 24.3 Å². The summed E-state index contributed by atoms with van der Waals surface area (Å²) in [5.41, 5.74) is 1.38. The van der Waals surface area contributed by atoms with Crippen molar-refractivity contribution in [1.82, 2.24) is 15.5 Å². The standard InChI is InChI=1S/C19H22N4O3S/c1-11(24)20-15-4-2-3-14(9-15)18-22-23-19(26-18)27-10-17(25)21-16-8-12-5-6-13(16)7-12/h2-4,9,12-13,16H,5-8,10H2,1H3,(H,20,24)(H,21,25)/t12-,13-,16-/m0/s1. The molecule has 3 atom stereocenters. The maximum atomic E-state index is 12.2. The maximum absolute atomic E-state index is 12.2. The molecule has 2 fully saturated rings. The molecule has 142 valence electrons. The third-order valence-electron chi connectivity index (χ3n) is 5.25. The van der Waals surface area contributed by atoms with E-state index in [1.807, 2.05) is 6.07 Å². The number of benzene rings is 1. The predicted octanol–water partition coefficient (Wildman–Crippen LogP) is 3.09. The monoisotopic (exact) mass is 386 g/mol. The van der Waals surface area contributed by atoms with Gasteiger partial charge in [-0.25, -0.2) is 0 Å². The van der Waals surface area contributed by atoms with Crippen molar-refractivity contribution in [1.29, 1.82) is 0 Å². The van der Waals surface area contributed by atoms with Crippen LogP contribution in [0.2, 0.25) is 0 Å². The summed E-state index contributed by atoms with van der Waals surface area (Å²) in [5, 5.41) is 14.3. The molecule has 0 unspecified atom stereocenters. The van der Waals surface area contributed by atoms with Gasteiger partial charge in [0.25, 0.3) is 5.22 Å². The van der Waals surface area contributed by atoms with Gasteiger partial charge >= 0.3 is 0 Å². The quantitative estimate of drug-likeness (QED) is 0.741. The second-order valence-electron chi connectivity index (χ2n) is 7.27. The first kappa shape index (κ1) is 18.0. The average Bonchev–Trinajstić information content (AvgIpc) is 3.36. The number of aromatic nitrogens is 2. The Morgan fingerprint density at radius 2 is 2.15 bits per heavy atom. The molecule has 0 spiro atoms. The highest BCUT2D eigenvalue weighted by Gasteiger charge is 2.40. The Bertz CT molecular complexity index is 853. The van der Waals surface area contributed by atoms with Gasteiger partial charge in [0.05, 0.1) is 5.75 Å². The first-order chi connectivity index (χ1) is 13.1. The molecule has 7 nitrogen and oxygen atoms in total. The van der Waals surface area contributed by atoms with E-state index in [4.69, 9.17) is 4.42 Å². The van der Waals surface area contributed by atoms with Crippen LogP contribution in [-0.4, -0.2) is 33.8 Å². The van der Waals surface area contributed by atoms with Crippen LogP contribution in [0, 0.1) is 11.8 Å². The van der Waals surface area contributed by atoms with Crippen LogP contribution >= 0.6 is 11.8 Å². The average molecular weight is 386 g/mol. The Balaban J connectivity index is 1.31. The summed E-state index contributed by atoms with van der Waals surface area (Å²) in [7, 11) is 0. The number of amides is 2. The lowest BCUT2D eigenvalue weighted by Gasteiger charge is -2.22. The van der Waals surface area contributed by atoms with Crippen LogP contribution in [0.25, 0.3) is 11.5 Å². The Labute approximate surface area is 161 Å². The summed E-state index contributed by atoms with van der Waals surface area (Å²) < 4.78 is 5.65. The van der Waals surface area contributed by atoms with Crippen molar-refractivity contribution in [2.45, 2.75) is 43.9 Å². The molecule has 2 aliphatic rings. The minimum Gasteiger partial charge on any atom is -0.411 e. The first-order valence-electron chi connectivity index (χ1n) is 9.20. The summed E-state index contributed by atoms with van der Waals surface area (Å²) in [5.74, 6) is 1.97. The van der Waals surface area contributed by atoms with Gasteiger partial charge in [0.15, 0.2) is 0 Å². The summed E-state index contributed by atoms with van der Waals surface area (Å²) in [6.45, 7) is 1.45. The van der Waals surface area contributed by atoms with Crippen molar-refractivity contribution >= 4 is 29.3 Å². The molecule has 2 bridgehead atoms. The summed E-state index contributed by atoms with van der Waals surface area (Å²) in [6, 6.07) is 7.53. The van der Waals surface area contributed by atoms with Crippen molar-refractivity contribution in [2.24, 2.45) is 11.8 Å². The predicted molar refractivity (Wildman–Crippen MR) is 102 cm³/mol. The fraction of sp³-hybridized carbons (Fsp3) is 0.474. The second kappa shape index (κ2) is 7.72. The van der Waals surface area contributed by atoms with E-state index in [0.717, 1.165) is 12.3 Å². The van der Waals surface area contributed by atoms with E-state index in [2.05, 4.69) is 20.8 Å². The molecular weight excluding hydrogens is 364 g/mol. The number of rotatable bonds is 6. The Morgan fingerprint density at radius 1 is 1.26 bits per heavy atom. The molecule has 4 rings (SSSR count). The number of hydrogen-bond acceptors (Lipinski definition) is 6. The molecule has 1 heterocycles. The summed E-state index contributed by atoms with van der Waals surface area (Å²) in [6.07, 6.45) is 4.95. The minimum atomic E-state index is -0.143. The Hall–Kier alpha value is -2.35. The van der Waals surface area contributed by atoms with Crippen LogP contribution in [0.5, 0.6) is 0 Å². The van der Waals surface area contributed by atoms with Crippen LogP contribution in [0.1, 0.15) is 32.6 Å². The lowest BCUT2D eigenvalue weighted by atomic mass is 9.95. The van der Waals surface area contributed by atoms with Gasteiger partial charge in [0.2, 0.25) is 17.7 Å². The fourth-order valence-electron chi connectivity index (χ4n) is 4.12. The van der Waals surface area contributed by atoms with E-state index in [1.54, 1.807) is 18.2 Å². The normalized spacial score (nSPS) is 23.4. The molecule has 0 radical (unpaired) electrons. The minimum absolute atomic E-state index is 0.0185. The van der Waals surface area contributed by atoms with E-state index >= 15 is 0 Å².